The highest BCUT2D eigenvalue weighted by Gasteiger charge is 2.33. The number of nitrogens with zero attached hydrogens (tertiary/aromatic N) is 1. The maximum Gasteiger partial charge on any atom is 0.337 e. The van der Waals surface area contributed by atoms with E-state index in [-0.39, 0.29) is 6.03 Å². The molecule has 1 unspecified atom stereocenters. The fraction of sp³-hybridized carbons (Fsp3) is 0.261. The van der Waals surface area contributed by atoms with Crippen LogP contribution in [0.25, 0.3) is 0 Å². The molecule has 1 atom stereocenters. The van der Waals surface area contributed by atoms with Crippen LogP contribution in [0.3, 0.4) is 0 Å². The topological polar surface area (TPSA) is 82.7 Å². The molecule has 8 heteroatoms. The number of thiocarbonyl (C=S) groups is 1. The van der Waals surface area contributed by atoms with E-state index in [2.05, 4.69) is 16.0 Å². The number of nitrogens with one attached hydrogen (secondary N) is 3. The zero-order valence-electron chi connectivity index (χ0n) is 18.0. The first-order valence-electron chi connectivity index (χ1n) is 9.96. The summed E-state index contributed by atoms with van der Waals surface area (Å²) in [6.45, 7) is 6.40. The smallest absolute Gasteiger partial charge is 0.337 e. The molecule has 31 heavy (non-hydrogen) atoms. The molecule has 0 aromatic heterocycles. The van der Waals surface area contributed by atoms with Gasteiger partial charge in [-0.25, -0.2) is 9.59 Å². The summed E-state index contributed by atoms with van der Waals surface area (Å²) in [5.74, 6) is -0.407. The van der Waals surface area contributed by atoms with Crippen molar-refractivity contribution in [2.45, 2.75) is 26.8 Å². The Hall–Kier alpha value is -3.39. The Bertz CT molecular complexity index is 1030. The molecule has 1 heterocycles. The van der Waals surface area contributed by atoms with Crippen molar-refractivity contribution in [2.24, 2.45) is 0 Å². The number of benzene rings is 2. The predicted octanol–water partition coefficient (Wildman–Crippen LogP) is 4.34. The summed E-state index contributed by atoms with van der Waals surface area (Å²) in [6, 6.07) is 14.1. The highest BCUT2D eigenvalue weighted by molar-refractivity contribution is 7.80. The molecule has 0 saturated heterocycles. The van der Waals surface area contributed by atoms with Gasteiger partial charge in [-0.2, -0.15) is 0 Å². The van der Waals surface area contributed by atoms with Crippen molar-refractivity contribution < 1.29 is 14.3 Å². The van der Waals surface area contributed by atoms with Crippen LogP contribution in [0.1, 0.15) is 31.0 Å². The Balaban J connectivity index is 1.79. The van der Waals surface area contributed by atoms with E-state index in [0.29, 0.717) is 22.9 Å². The van der Waals surface area contributed by atoms with Gasteiger partial charge in [0.05, 0.1) is 18.7 Å². The van der Waals surface area contributed by atoms with E-state index in [1.807, 2.05) is 62.1 Å². The van der Waals surface area contributed by atoms with E-state index in [1.165, 1.54) is 7.11 Å². The van der Waals surface area contributed by atoms with Gasteiger partial charge in [0, 0.05) is 23.6 Å². The number of esters is 1. The Labute approximate surface area is 187 Å². The van der Waals surface area contributed by atoms with Crippen LogP contribution in [0, 0.1) is 6.92 Å². The van der Waals surface area contributed by atoms with E-state index in [0.717, 1.165) is 22.5 Å². The van der Waals surface area contributed by atoms with Crippen molar-refractivity contribution in [3.8, 4) is 0 Å². The SMILES string of the molecule is CCN1C(=S)NC(c2ccc(NC(=O)Nc3ccccc3C)cc2)C(C(=O)OC)=C1C. The zero-order chi connectivity index (χ0) is 22.5. The third kappa shape index (κ3) is 4.86. The van der Waals surface area contributed by atoms with Crippen molar-refractivity contribution in [1.82, 2.24) is 10.2 Å². The van der Waals surface area contributed by atoms with Crippen molar-refractivity contribution in [1.29, 1.82) is 0 Å². The third-order valence-corrected chi connectivity index (χ3v) is 5.55. The monoisotopic (exact) mass is 438 g/mol. The molecule has 3 N–H and O–H groups in total. The summed E-state index contributed by atoms with van der Waals surface area (Å²) in [5.41, 5.74) is 4.47. The van der Waals surface area contributed by atoms with Gasteiger partial charge in [-0.15, -0.1) is 0 Å². The highest BCUT2D eigenvalue weighted by atomic mass is 32.1. The van der Waals surface area contributed by atoms with Crippen LogP contribution in [0.2, 0.25) is 0 Å². The van der Waals surface area contributed by atoms with Gasteiger partial charge < -0.3 is 25.6 Å². The first-order chi connectivity index (χ1) is 14.8. The molecular formula is C23H26N4O3S. The van der Waals surface area contributed by atoms with Crippen LogP contribution in [-0.2, 0) is 9.53 Å². The van der Waals surface area contributed by atoms with Gasteiger partial charge in [-0.3, -0.25) is 0 Å². The zero-order valence-corrected chi connectivity index (χ0v) is 18.8. The summed E-state index contributed by atoms with van der Waals surface area (Å²) in [4.78, 5) is 26.7. The molecule has 2 amide bonds. The van der Waals surface area contributed by atoms with E-state index in [9.17, 15) is 9.59 Å². The summed E-state index contributed by atoms with van der Waals surface area (Å²) in [6.07, 6.45) is 0. The molecule has 162 valence electrons. The Morgan fingerprint density at radius 2 is 1.77 bits per heavy atom. The minimum absolute atomic E-state index is 0.330. The number of anilines is 2. The van der Waals surface area contributed by atoms with Gasteiger partial charge in [-0.1, -0.05) is 30.3 Å². The molecule has 1 aliphatic rings. The number of allylic oxidation sites excluding steroid dienone is 1. The first kappa shape index (κ1) is 22.3. The van der Waals surface area contributed by atoms with E-state index in [4.69, 9.17) is 17.0 Å². The van der Waals surface area contributed by atoms with Gasteiger partial charge in [-0.05, 0) is 62.3 Å². The van der Waals surface area contributed by atoms with Crippen molar-refractivity contribution in [3.63, 3.8) is 0 Å². The number of rotatable bonds is 5. The van der Waals surface area contributed by atoms with Gasteiger partial charge in [0.15, 0.2) is 5.11 Å². The fourth-order valence-electron chi connectivity index (χ4n) is 3.54. The maximum absolute atomic E-state index is 12.5. The molecule has 0 aliphatic carbocycles. The normalized spacial score (nSPS) is 15.9. The van der Waals surface area contributed by atoms with Gasteiger partial charge in [0.1, 0.15) is 0 Å². The number of aryl methyl sites for hydroxylation is 1. The largest absolute Gasteiger partial charge is 0.466 e. The van der Waals surface area contributed by atoms with Gasteiger partial charge in [0.2, 0.25) is 0 Å². The molecule has 0 bridgehead atoms. The maximum atomic E-state index is 12.5. The highest BCUT2D eigenvalue weighted by Crippen LogP contribution is 2.31. The number of carbonyl (C=O) groups is 2. The molecular weight excluding hydrogens is 412 g/mol. The lowest BCUT2D eigenvalue weighted by atomic mass is 9.95. The number of amides is 2. The lowest BCUT2D eigenvalue weighted by Crippen LogP contribution is -2.47. The molecule has 2 aromatic carbocycles. The molecule has 0 radical (unpaired) electrons. The minimum Gasteiger partial charge on any atom is -0.466 e. The van der Waals surface area contributed by atoms with Gasteiger partial charge in [0.25, 0.3) is 0 Å². The van der Waals surface area contributed by atoms with Crippen molar-refractivity contribution in [2.75, 3.05) is 24.3 Å². The minimum atomic E-state index is -0.433. The Morgan fingerprint density at radius 3 is 2.39 bits per heavy atom. The number of urea groups is 1. The Kier molecular flexibility index (Phi) is 6.91. The van der Waals surface area contributed by atoms with Crippen LogP contribution in [0.4, 0.5) is 16.2 Å². The number of hydrogen-bond acceptors (Lipinski definition) is 4. The standard InChI is InChI=1S/C23H26N4O3S/c1-5-27-15(3)19(21(28)30-4)20(26-23(27)31)16-10-12-17(13-11-16)24-22(29)25-18-9-7-6-8-14(18)2/h6-13,20H,5H2,1-4H3,(H,26,31)(H2,24,25,29). The van der Waals surface area contributed by atoms with E-state index < -0.39 is 12.0 Å². The summed E-state index contributed by atoms with van der Waals surface area (Å²) in [7, 11) is 1.36. The average Bonchev–Trinajstić information content (AvgIpc) is 2.75. The Morgan fingerprint density at radius 1 is 1.10 bits per heavy atom. The molecule has 0 fully saturated rings. The van der Waals surface area contributed by atoms with Crippen LogP contribution in [0.15, 0.2) is 59.8 Å². The second kappa shape index (κ2) is 9.61. The fourth-order valence-corrected chi connectivity index (χ4v) is 3.93. The second-order valence-corrected chi connectivity index (χ2v) is 7.52. The summed E-state index contributed by atoms with van der Waals surface area (Å²) < 4.78 is 5.01. The van der Waals surface area contributed by atoms with Crippen LogP contribution < -0.4 is 16.0 Å². The van der Waals surface area contributed by atoms with Crippen LogP contribution in [0.5, 0.6) is 0 Å². The molecule has 1 aliphatic heterocycles. The van der Waals surface area contributed by atoms with E-state index >= 15 is 0 Å². The van der Waals surface area contributed by atoms with Crippen LogP contribution >= 0.6 is 12.2 Å². The quantitative estimate of drug-likeness (QED) is 0.476. The molecule has 7 nitrogen and oxygen atoms in total. The summed E-state index contributed by atoms with van der Waals surface area (Å²) in [5, 5.41) is 9.43. The number of carbonyl (C=O) groups excluding carboxylic acids is 2. The average molecular weight is 439 g/mol. The molecule has 0 spiro atoms. The summed E-state index contributed by atoms with van der Waals surface area (Å²) >= 11 is 5.47. The van der Waals surface area contributed by atoms with Crippen LogP contribution in [-0.4, -0.2) is 35.7 Å². The lowest BCUT2D eigenvalue weighted by molar-refractivity contribution is -0.136. The van der Waals surface area contributed by atoms with Crippen molar-refractivity contribution in [3.05, 3.63) is 70.9 Å². The number of ether oxygens (including phenoxy) is 1. The first-order valence-corrected chi connectivity index (χ1v) is 10.4. The predicted molar refractivity (Wildman–Crippen MR) is 126 cm³/mol. The van der Waals surface area contributed by atoms with Crippen molar-refractivity contribution >= 4 is 40.7 Å². The molecule has 0 saturated carbocycles. The third-order valence-electron chi connectivity index (χ3n) is 5.21. The lowest BCUT2D eigenvalue weighted by Gasteiger charge is -2.36. The second-order valence-electron chi connectivity index (χ2n) is 7.13. The number of hydrogen-bond donors (Lipinski definition) is 3. The molecule has 3 rings (SSSR count). The number of methoxy groups -OCH3 is 1. The van der Waals surface area contributed by atoms with Gasteiger partial charge >= 0.3 is 12.0 Å². The van der Waals surface area contributed by atoms with E-state index in [1.54, 1.807) is 12.1 Å². The number of para-hydroxylation sites is 1. The molecule has 2 aromatic rings.